The molecular formula is C20H18N4O2. The van der Waals surface area contributed by atoms with Crippen molar-refractivity contribution in [1.82, 2.24) is 9.78 Å². The molecular weight excluding hydrogens is 328 g/mol. The molecule has 1 aliphatic heterocycles. The molecule has 0 bridgehead atoms. The fraction of sp³-hybridized carbons (Fsp3) is 0.150. The summed E-state index contributed by atoms with van der Waals surface area (Å²) in [6, 6.07) is 17.0. The molecule has 0 radical (unpaired) electrons. The molecule has 26 heavy (non-hydrogen) atoms. The largest absolute Gasteiger partial charge is 0.325 e. The number of nitrogens with zero attached hydrogens (tertiary/aromatic N) is 3. The zero-order valence-corrected chi connectivity index (χ0v) is 14.1. The van der Waals surface area contributed by atoms with E-state index in [1.165, 1.54) is 0 Å². The third kappa shape index (κ3) is 3.21. The third-order valence-electron chi connectivity index (χ3n) is 4.41. The first kappa shape index (κ1) is 16.1. The number of hydrogen-bond donors (Lipinski definition) is 1. The van der Waals surface area contributed by atoms with Gasteiger partial charge in [0.1, 0.15) is 6.54 Å². The van der Waals surface area contributed by atoms with Gasteiger partial charge in [-0.1, -0.05) is 18.2 Å². The number of para-hydroxylation sites is 1. The predicted molar refractivity (Wildman–Crippen MR) is 99.3 cm³/mol. The summed E-state index contributed by atoms with van der Waals surface area (Å²) in [7, 11) is 0. The van der Waals surface area contributed by atoms with E-state index in [2.05, 4.69) is 10.4 Å². The topological polar surface area (TPSA) is 67.2 Å². The lowest BCUT2D eigenvalue weighted by atomic mass is 10.0. The second-order valence-corrected chi connectivity index (χ2v) is 6.15. The molecule has 0 saturated heterocycles. The van der Waals surface area contributed by atoms with Gasteiger partial charge in [-0.2, -0.15) is 5.10 Å². The summed E-state index contributed by atoms with van der Waals surface area (Å²) < 4.78 is 1.74. The Morgan fingerprint density at radius 1 is 1.04 bits per heavy atom. The Kier molecular flexibility index (Phi) is 4.23. The van der Waals surface area contributed by atoms with E-state index < -0.39 is 0 Å². The highest BCUT2D eigenvalue weighted by molar-refractivity contribution is 6.04. The summed E-state index contributed by atoms with van der Waals surface area (Å²) in [5.41, 5.74) is 3.52. The molecule has 0 saturated carbocycles. The van der Waals surface area contributed by atoms with Crippen LogP contribution in [0.4, 0.5) is 11.4 Å². The maximum absolute atomic E-state index is 12.4. The molecule has 1 N–H and O–H groups in total. The molecule has 2 amide bonds. The number of aromatic nitrogens is 2. The van der Waals surface area contributed by atoms with Gasteiger partial charge in [0.05, 0.1) is 5.69 Å². The van der Waals surface area contributed by atoms with Crippen molar-refractivity contribution in [2.45, 2.75) is 12.8 Å². The van der Waals surface area contributed by atoms with Crippen molar-refractivity contribution < 1.29 is 9.59 Å². The van der Waals surface area contributed by atoms with Crippen molar-refractivity contribution in [3.8, 4) is 5.69 Å². The van der Waals surface area contributed by atoms with Crippen LogP contribution in [0.25, 0.3) is 5.69 Å². The second kappa shape index (κ2) is 6.84. The van der Waals surface area contributed by atoms with E-state index in [4.69, 9.17) is 0 Å². The number of aryl methyl sites for hydroxylation is 1. The van der Waals surface area contributed by atoms with E-state index in [0.29, 0.717) is 12.1 Å². The molecule has 0 aliphatic carbocycles. The van der Waals surface area contributed by atoms with Crippen molar-refractivity contribution in [2.75, 3.05) is 16.8 Å². The fourth-order valence-corrected chi connectivity index (χ4v) is 3.13. The fourth-order valence-electron chi connectivity index (χ4n) is 3.13. The molecule has 130 valence electrons. The van der Waals surface area contributed by atoms with Gasteiger partial charge in [0.2, 0.25) is 11.8 Å². The molecule has 4 rings (SSSR count). The van der Waals surface area contributed by atoms with E-state index in [1.807, 2.05) is 60.8 Å². The number of anilines is 2. The molecule has 6 nitrogen and oxygen atoms in total. The SMILES string of the molecule is O=C(CN1C(=O)CCc2ccccc21)Nc1ccc(-n2cccn2)cc1. The van der Waals surface area contributed by atoms with Gasteiger partial charge in [-0.25, -0.2) is 4.68 Å². The zero-order valence-electron chi connectivity index (χ0n) is 14.1. The Hall–Kier alpha value is -3.41. The summed E-state index contributed by atoms with van der Waals surface area (Å²) in [6.45, 7) is 0.0107. The molecule has 1 aliphatic rings. The average Bonchev–Trinajstić information content (AvgIpc) is 3.19. The zero-order chi connectivity index (χ0) is 17.9. The van der Waals surface area contributed by atoms with Crippen LogP contribution >= 0.6 is 0 Å². The van der Waals surface area contributed by atoms with Crippen molar-refractivity contribution in [2.24, 2.45) is 0 Å². The number of carbonyl (C=O) groups excluding carboxylic acids is 2. The van der Waals surface area contributed by atoms with Crippen LogP contribution in [0, 0.1) is 0 Å². The van der Waals surface area contributed by atoms with Crippen molar-refractivity contribution in [1.29, 1.82) is 0 Å². The number of rotatable bonds is 4. The molecule has 1 aromatic heterocycles. The van der Waals surface area contributed by atoms with Gasteiger partial charge in [-0.15, -0.1) is 0 Å². The Morgan fingerprint density at radius 2 is 1.85 bits per heavy atom. The molecule has 2 heterocycles. The van der Waals surface area contributed by atoms with Gasteiger partial charge in [-0.05, 0) is 48.4 Å². The Balaban J connectivity index is 1.45. The number of amides is 2. The monoisotopic (exact) mass is 346 g/mol. The highest BCUT2D eigenvalue weighted by atomic mass is 16.2. The molecule has 0 unspecified atom stereocenters. The molecule has 6 heteroatoms. The van der Waals surface area contributed by atoms with Gasteiger partial charge in [-0.3, -0.25) is 9.59 Å². The maximum atomic E-state index is 12.4. The minimum absolute atomic E-state index is 0.0107. The lowest BCUT2D eigenvalue weighted by molar-refractivity contribution is -0.121. The lowest BCUT2D eigenvalue weighted by Crippen LogP contribution is -2.40. The van der Waals surface area contributed by atoms with E-state index in [-0.39, 0.29) is 18.4 Å². The number of carbonyl (C=O) groups is 2. The smallest absolute Gasteiger partial charge is 0.244 e. The Labute approximate surface area is 151 Å². The van der Waals surface area contributed by atoms with E-state index in [0.717, 1.165) is 23.4 Å². The second-order valence-electron chi connectivity index (χ2n) is 6.15. The summed E-state index contributed by atoms with van der Waals surface area (Å²) >= 11 is 0. The summed E-state index contributed by atoms with van der Waals surface area (Å²) in [5, 5.41) is 7.02. The molecule has 3 aromatic rings. The van der Waals surface area contributed by atoms with Gasteiger partial charge in [0, 0.05) is 30.2 Å². The van der Waals surface area contributed by atoms with E-state index >= 15 is 0 Å². The van der Waals surface area contributed by atoms with Crippen LogP contribution in [0.1, 0.15) is 12.0 Å². The summed E-state index contributed by atoms with van der Waals surface area (Å²) in [6.07, 6.45) is 4.72. The van der Waals surface area contributed by atoms with Crippen LogP contribution in [0.5, 0.6) is 0 Å². The van der Waals surface area contributed by atoms with Crippen LogP contribution in [0.15, 0.2) is 67.0 Å². The van der Waals surface area contributed by atoms with Crippen LogP contribution < -0.4 is 10.2 Å². The molecule has 0 atom stereocenters. The first-order valence-corrected chi connectivity index (χ1v) is 8.49. The first-order valence-electron chi connectivity index (χ1n) is 8.49. The predicted octanol–water partition coefficient (Wildman–Crippen LogP) is 2.79. The van der Waals surface area contributed by atoms with E-state index in [9.17, 15) is 9.59 Å². The minimum atomic E-state index is -0.220. The van der Waals surface area contributed by atoms with Gasteiger partial charge in [0.15, 0.2) is 0 Å². The molecule has 2 aromatic carbocycles. The summed E-state index contributed by atoms with van der Waals surface area (Å²) in [4.78, 5) is 26.2. The highest BCUT2D eigenvalue weighted by Gasteiger charge is 2.25. The Morgan fingerprint density at radius 3 is 2.62 bits per heavy atom. The first-order chi connectivity index (χ1) is 12.7. The van der Waals surface area contributed by atoms with Crippen LogP contribution in [0.3, 0.4) is 0 Å². The number of nitrogens with one attached hydrogen (secondary N) is 1. The molecule has 0 fully saturated rings. The third-order valence-corrected chi connectivity index (χ3v) is 4.41. The van der Waals surface area contributed by atoms with Gasteiger partial charge < -0.3 is 10.2 Å². The standard InChI is InChI=1S/C20H18N4O2/c25-19(14-23-18-5-2-1-4-15(18)6-11-20(23)26)22-16-7-9-17(10-8-16)24-13-3-12-21-24/h1-5,7-10,12-13H,6,11,14H2,(H,22,25). The van der Waals surface area contributed by atoms with E-state index in [1.54, 1.807) is 15.8 Å². The quantitative estimate of drug-likeness (QED) is 0.790. The number of fused-ring (bicyclic) bond motifs is 1. The normalized spacial score (nSPS) is 13.4. The Bertz CT molecular complexity index is 933. The lowest BCUT2D eigenvalue weighted by Gasteiger charge is -2.28. The maximum Gasteiger partial charge on any atom is 0.244 e. The van der Waals surface area contributed by atoms with Crippen LogP contribution in [-0.4, -0.2) is 28.1 Å². The average molecular weight is 346 g/mol. The summed E-state index contributed by atoms with van der Waals surface area (Å²) in [5.74, 6) is -0.241. The van der Waals surface area contributed by atoms with Crippen molar-refractivity contribution >= 4 is 23.2 Å². The number of benzene rings is 2. The molecule has 0 spiro atoms. The van der Waals surface area contributed by atoms with Gasteiger partial charge in [0.25, 0.3) is 0 Å². The van der Waals surface area contributed by atoms with Crippen molar-refractivity contribution in [3.63, 3.8) is 0 Å². The highest BCUT2D eigenvalue weighted by Crippen LogP contribution is 2.27. The van der Waals surface area contributed by atoms with Crippen LogP contribution in [0.2, 0.25) is 0 Å². The van der Waals surface area contributed by atoms with Crippen molar-refractivity contribution in [3.05, 3.63) is 72.6 Å². The van der Waals surface area contributed by atoms with Gasteiger partial charge >= 0.3 is 0 Å². The minimum Gasteiger partial charge on any atom is -0.325 e. The van der Waals surface area contributed by atoms with Crippen LogP contribution in [-0.2, 0) is 16.0 Å². The number of hydrogen-bond acceptors (Lipinski definition) is 3.